The van der Waals surface area contributed by atoms with E-state index in [1.807, 2.05) is 18.2 Å². The summed E-state index contributed by atoms with van der Waals surface area (Å²) in [5, 5.41) is 6.70. The van der Waals surface area contributed by atoms with Gasteiger partial charge in [-0.25, -0.2) is 4.98 Å². The van der Waals surface area contributed by atoms with Crippen molar-refractivity contribution in [3.8, 4) is 11.3 Å². The zero-order valence-electron chi connectivity index (χ0n) is 12.3. The number of nitrogens with zero attached hydrogens (tertiary/aromatic N) is 2. The summed E-state index contributed by atoms with van der Waals surface area (Å²) in [4.78, 5) is 7.00. The molecule has 112 valence electrons. The molecule has 1 fully saturated rings. The van der Waals surface area contributed by atoms with Crippen molar-refractivity contribution < 1.29 is 4.74 Å². The van der Waals surface area contributed by atoms with E-state index in [9.17, 15) is 0 Å². The number of thiazole rings is 1. The van der Waals surface area contributed by atoms with Gasteiger partial charge >= 0.3 is 0 Å². The second-order valence-corrected chi connectivity index (χ2v) is 6.32. The standard InChI is InChI=1S/C16H21N3OS/c1-19-7-8-20-14(11-19)9-17-10-16-18-15(12-21-16)13-5-3-2-4-6-13/h2-6,12,14,17H,7-11H2,1H3/t14-/m0/s1. The number of benzene rings is 1. The first-order valence-corrected chi connectivity index (χ1v) is 8.20. The van der Waals surface area contributed by atoms with Gasteiger partial charge in [0.1, 0.15) is 5.01 Å². The second kappa shape index (κ2) is 7.13. The molecular formula is C16H21N3OS. The van der Waals surface area contributed by atoms with E-state index in [0.717, 1.165) is 43.5 Å². The van der Waals surface area contributed by atoms with Crippen molar-refractivity contribution in [2.24, 2.45) is 0 Å². The fraction of sp³-hybridized carbons (Fsp3) is 0.438. The molecule has 0 saturated carbocycles. The van der Waals surface area contributed by atoms with Crippen LogP contribution in [0.25, 0.3) is 11.3 Å². The number of hydrogen-bond acceptors (Lipinski definition) is 5. The molecule has 1 aliphatic heterocycles. The molecule has 1 N–H and O–H groups in total. The third kappa shape index (κ3) is 4.11. The van der Waals surface area contributed by atoms with Crippen LogP contribution in [0.15, 0.2) is 35.7 Å². The van der Waals surface area contributed by atoms with Crippen molar-refractivity contribution in [2.45, 2.75) is 12.6 Å². The molecule has 0 bridgehead atoms. The minimum absolute atomic E-state index is 0.289. The molecule has 1 atom stereocenters. The number of rotatable bonds is 5. The van der Waals surface area contributed by atoms with Crippen LogP contribution >= 0.6 is 11.3 Å². The minimum Gasteiger partial charge on any atom is -0.374 e. The zero-order valence-corrected chi connectivity index (χ0v) is 13.1. The SMILES string of the molecule is CN1CCO[C@@H](CNCc2nc(-c3ccccc3)cs2)C1. The van der Waals surface area contributed by atoms with E-state index in [-0.39, 0.29) is 6.10 Å². The number of aromatic nitrogens is 1. The molecule has 1 saturated heterocycles. The van der Waals surface area contributed by atoms with Crippen molar-refractivity contribution in [3.63, 3.8) is 0 Å². The number of morpholine rings is 1. The summed E-state index contributed by atoms with van der Waals surface area (Å²) in [6.45, 7) is 4.55. The van der Waals surface area contributed by atoms with Crippen molar-refractivity contribution in [3.05, 3.63) is 40.7 Å². The Labute approximate surface area is 129 Å². The van der Waals surface area contributed by atoms with Crippen LogP contribution in [0, 0.1) is 0 Å². The van der Waals surface area contributed by atoms with Crippen LogP contribution in [0.5, 0.6) is 0 Å². The first kappa shape index (κ1) is 14.7. The minimum atomic E-state index is 0.289. The topological polar surface area (TPSA) is 37.4 Å². The molecule has 0 unspecified atom stereocenters. The van der Waals surface area contributed by atoms with Gasteiger partial charge in [-0.1, -0.05) is 30.3 Å². The summed E-state index contributed by atoms with van der Waals surface area (Å²) < 4.78 is 5.74. The quantitative estimate of drug-likeness (QED) is 0.919. The lowest BCUT2D eigenvalue weighted by molar-refractivity contribution is -0.0182. The maximum absolute atomic E-state index is 5.74. The number of ether oxygens (including phenoxy) is 1. The molecule has 21 heavy (non-hydrogen) atoms. The Morgan fingerprint density at radius 2 is 2.24 bits per heavy atom. The van der Waals surface area contributed by atoms with E-state index >= 15 is 0 Å². The number of likely N-dealkylation sites (N-methyl/N-ethyl adjacent to an activating group) is 1. The van der Waals surface area contributed by atoms with Crippen molar-refractivity contribution in [1.29, 1.82) is 0 Å². The van der Waals surface area contributed by atoms with Crippen LogP contribution in [0.4, 0.5) is 0 Å². The predicted molar refractivity (Wildman–Crippen MR) is 86.5 cm³/mol. The lowest BCUT2D eigenvalue weighted by atomic mass is 10.2. The maximum atomic E-state index is 5.74. The zero-order chi connectivity index (χ0) is 14.5. The van der Waals surface area contributed by atoms with Crippen molar-refractivity contribution >= 4 is 11.3 Å². The maximum Gasteiger partial charge on any atom is 0.107 e. The molecule has 5 heteroatoms. The van der Waals surface area contributed by atoms with Crippen LogP contribution in [-0.4, -0.2) is 49.3 Å². The van der Waals surface area contributed by atoms with Crippen LogP contribution in [0.2, 0.25) is 0 Å². The molecule has 0 amide bonds. The van der Waals surface area contributed by atoms with Gasteiger partial charge in [-0.05, 0) is 7.05 Å². The summed E-state index contributed by atoms with van der Waals surface area (Å²) >= 11 is 1.71. The molecule has 0 aliphatic carbocycles. The first-order chi connectivity index (χ1) is 10.3. The molecule has 0 spiro atoms. The van der Waals surface area contributed by atoms with E-state index < -0.39 is 0 Å². The fourth-order valence-electron chi connectivity index (χ4n) is 2.46. The van der Waals surface area contributed by atoms with E-state index in [2.05, 4.69) is 39.8 Å². The van der Waals surface area contributed by atoms with Gasteiger partial charge in [0, 0.05) is 37.1 Å². The average Bonchev–Trinajstić information content (AvgIpc) is 2.97. The summed E-state index contributed by atoms with van der Waals surface area (Å²) in [5.41, 5.74) is 2.24. The average molecular weight is 303 g/mol. The van der Waals surface area contributed by atoms with Crippen LogP contribution in [-0.2, 0) is 11.3 Å². The Kier molecular flexibility index (Phi) is 4.98. The molecule has 1 aliphatic rings. The molecule has 0 radical (unpaired) electrons. The summed E-state index contributed by atoms with van der Waals surface area (Å²) in [6, 6.07) is 10.3. The highest BCUT2D eigenvalue weighted by molar-refractivity contribution is 7.09. The van der Waals surface area contributed by atoms with Gasteiger partial charge in [-0.2, -0.15) is 0 Å². The Morgan fingerprint density at radius 1 is 1.38 bits per heavy atom. The Balaban J connectivity index is 1.49. The molecule has 2 aromatic rings. The van der Waals surface area contributed by atoms with Gasteiger partial charge in [0.25, 0.3) is 0 Å². The van der Waals surface area contributed by atoms with Crippen molar-refractivity contribution in [2.75, 3.05) is 33.3 Å². The van der Waals surface area contributed by atoms with E-state index in [0.29, 0.717) is 0 Å². The Morgan fingerprint density at radius 3 is 3.05 bits per heavy atom. The van der Waals surface area contributed by atoms with Gasteiger partial charge < -0.3 is 15.0 Å². The van der Waals surface area contributed by atoms with Gasteiger partial charge in [0.05, 0.1) is 18.4 Å². The monoisotopic (exact) mass is 303 g/mol. The summed E-state index contributed by atoms with van der Waals surface area (Å²) in [5.74, 6) is 0. The molecular weight excluding hydrogens is 282 g/mol. The third-order valence-corrected chi connectivity index (χ3v) is 4.46. The summed E-state index contributed by atoms with van der Waals surface area (Å²) in [7, 11) is 2.14. The van der Waals surface area contributed by atoms with Gasteiger partial charge in [-0.15, -0.1) is 11.3 Å². The van der Waals surface area contributed by atoms with Crippen LogP contribution < -0.4 is 5.32 Å². The van der Waals surface area contributed by atoms with Gasteiger partial charge in [0.2, 0.25) is 0 Å². The lowest BCUT2D eigenvalue weighted by Crippen LogP contribution is -2.44. The molecule has 2 heterocycles. The molecule has 1 aromatic heterocycles. The van der Waals surface area contributed by atoms with Crippen LogP contribution in [0.3, 0.4) is 0 Å². The van der Waals surface area contributed by atoms with Crippen LogP contribution in [0.1, 0.15) is 5.01 Å². The molecule has 3 rings (SSSR count). The first-order valence-electron chi connectivity index (χ1n) is 7.32. The third-order valence-electron chi connectivity index (χ3n) is 3.61. The Bertz CT molecular complexity index is 558. The van der Waals surface area contributed by atoms with E-state index in [4.69, 9.17) is 4.74 Å². The lowest BCUT2D eigenvalue weighted by Gasteiger charge is -2.30. The summed E-state index contributed by atoms with van der Waals surface area (Å²) in [6.07, 6.45) is 0.289. The Hall–Kier alpha value is -1.27. The highest BCUT2D eigenvalue weighted by Crippen LogP contribution is 2.21. The number of nitrogens with one attached hydrogen (secondary N) is 1. The highest BCUT2D eigenvalue weighted by Gasteiger charge is 2.17. The van der Waals surface area contributed by atoms with Gasteiger partial charge in [0.15, 0.2) is 0 Å². The molecule has 4 nitrogen and oxygen atoms in total. The van der Waals surface area contributed by atoms with E-state index in [1.54, 1.807) is 11.3 Å². The van der Waals surface area contributed by atoms with Crippen molar-refractivity contribution in [1.82, 2.24) is 15.2 Å². The fourth-order valence-corrected chi connectivity index (χ4v) is 3.24. The second-order valence-electron chi connectivity index (χ2n) is 5.38. The predicted octanol–water partition coefficient (Wildman–Crippen LogP) is 2.23. The van der Waals surface area contributed by atoms with Gasteiger partial charge in [-0.3, -0.25) is 0 Å². The normalized spacial score (nSPS) is 19.8. The number of hydrogen-bond donors (Lipinski definition) is 1. The largest absolute Gasteiger partial charge is 0.374 e. The highest BCUT2D eigenvalue weighted by atomic mass is 32.1. The smallest absolute Gasteiger partial charge is 0.107 e. The molecule has 1 aromatic carbocycles. The van der Waals surface area contributed by atoms with E-state index in [1.165, 1.54) is 5.56 Å².